The van der Waals surface area contributed by atoms with Gasteiger partial charge < -0.3 is 0 Å². The third-order valence-corrected chi connectivity index (χ3v) is 6.14. The zero-order valence-corrected chi connectivity index (χ0v) is 17.3. The van der Waals surface area contributed by atoms with E-state index in [9.17, 15) is 13.2 Å². The van der Waals surface area contributed by atoms with Gasteiger partial charge in [-0.05, 0) is 33.9 Å². The molecule has 0 spiro atoms. The maximum Gasteiger partial charge on any atom is 0.433 e. The number of hydrogen-bond donors (Lipinski definition) is 0. The number of fused-ring (bicyclic) bond motifs is 1. The minimum atomic E-state index is -4.46. The molecule has 1 aromatic heterocycles. The van der Waals surface area contributed by atoms with E-state index in [1.54, 1.807) is 0 Å². The van der Waals surface area contributed by atoms with Gasteiger partial charge in [-0.15, -0.1) is 0 Å². The second-order valence-corrected chi connectivity index (χ2v) is 8.00. The first-order valence-electron chi connectivity index (χ1n) is 10.5. The summed E-state index contributed by atoms with van der Waals surface area (Å²) in [5.41, 5.74) is 3.17. The smallest absolute Gasteiger partial charge is 0.277 e. The van der Waals surface area contributed by atoms with Gasteiger partial charge in [0.2, 0.25) is 0 Å². The zero-order valence-electron chi connectivity index (χ0n) is 17.3. The Morgan fingerprint density at radius 2 is 1.06 bits per heavy atom. The summed E-state index contributed by atoms with van der Waals surface area (Å²) in [7, 11) is 0. The van der Waals surface area contributed by atoms with Crippen LogP contribution in [-0.2, 0) is 24.8 Å². The van der Waals surface area contributed by atoms with Crippen LogP contribution in [-0.4, -0.2) is 9.88 Å². The third-order valence-electron chi connectivity index (χ3n) is 6.14. The molecule has 1 aliphatic heterocycles. The summed E-state index contributed by atoms with van der Waals surface area (Å²) in [5, 5.41) is 0. The fourth-order valence-corrected chi connectivity index (χ4v) is 4.76. The molecule has 0 saturated carbocycles. The predicted octanol–water partition coefficient (Wildman–Crippen LogP) is 6.41. The van der Waals surface area contributed by atoms with Gasteiger partial charge in [0.05, 0.1) is 5.54 Å². The summed E-state index contributed by atoms with van der Waals surface area (Å²) in [4.78, 5) is 5.95. The lowest BCUT2D eigenvalue weighted by Gasteiger charge is -2.43. The SMILES string of the molecule is FC(F)(F)c1cc2c(cn1)CN(C(c1ccccc1)(c1ccccc1)c1ccccc1)C2. The number of nitrogens with zero attached hydrogens (tertiary/aromatic N) is 2. The van der Waals surface area contributed by atoms with Gasteiger partial charge >= 0.3 is 6.18 Å². The van der Waals surface area contributed by atoms with Crippen molar-refractivity contribution in [2.75, 3.05) is 0 Å². The largest absolute Gasteiger partial charge is 0.433 e. The first-order chi connectivity index (χ1) is 15.5. The summed E-state index contributed by atoms with van der Waals surface area (Å²) in [6.07, 6.45) is -3.08. The van der Waals surface area contributed by atoms with Crippen molar-refractivity contribution >= 4 is 0 Å². The Morgan fingerprint density at radius 3 is 1.50 bits per heavy atom. The van der Waals surface area contributed by atoms with Gasteiger partial charge in [-0.25, -0.2) is 0 Å². The van der Waals surface area contributed by atoms with Crippen LogP contribution in [0.5, 0.6) is 0 Å². The van der Waals surface area contributed by atoms with Gasteiger partial charge in [-0.1, -0.05) is 91.0 Å². The Balaban J connectivity index is 1.72. The maximum absolute atomic E-state index is 13.3. The van der Waals surface area contributed by atoms with Crippen molar-refractivity contribution in [3.8, 4) is 0 Å². The lowest BCUT2D eigenvalue weighted by Crippen LogP contribution is -2.45. The molecule has 0 saturated heterocycles. The number of benzene rings is 3. The molecule has 0 unspecified atom stereocenters. The molecule has 0 aliphatic carbocycles. The van der Waals surface area contributed by atoms with E-state index in [2.05, 4.69) is 46.3 Å². The van der Waals surface area contributed by atoms with Gasteiger partial charge in [0, 0.05) is 19.3 Å². The highest BCUT2D eigenvalue weighted by molar-refractivity contribution is 5.51. The number of hydrogen-bond acceptors (Lipinski definition) is 2. The summed E-state index contributed by atoms with van der Waals surface area (Å²) in [5.74, 6) is 0. The van der Waals surface area contributed by atoms with Crippen LogP contribution < -0.4 is 0 Å². The van der Waals surface area contributed by atoms with Crippen LogP contribution in [0, 0.1) is 0 Å². The van der Waals surface area contributed by atoms with Crippen LogP contribution in [0.2, 0.25) is 0 Å². The molecule has 0 fully saturated rings. The fraction of sp³-hybridized carbons (Fsp3) is 0.148. The second kappa shape index (κ2) is 7.92. The van der Waals surface area contributed by atoms with Crippen molar-refractivity contribution in [2.45, 2.75) is 24.8 Å². The normalized spacial score (nSPS) is 14.3. The molecule has 4 aromatic rings. The molecular formula is C27H21F3N2. The van der Waals surface area contributed by atoms with E-state index >= 15 is 0 Å². The monoisotopic (exact) mass is 430 g/mol. The first kappa shape index (κ1) is 20.5. The second-order valence-electron chi connectivity index (χ2n) is 8.00. The van der Waals surface area contributed by atoms with E-state index in [1.165, 1.54) is 12.3 Å². The molecule has 0 amide bonds. The number of alkyl halides is 3. The van der Waals surface area contributed by atoms with Crippen molar-refractivity contribution in [3.05, 3.63) is 137 Å². The Labute approximate surface area is 185 Å². The molecule has 5 heteroatoms. The molecular weight excluding hydrogens is 409 g/mol. The van der Waals surface area contributed by atoms with Gasteiger partial charge in [0.25, 0.3) is 0 Å². The summed E-state index contributed by atoms with van der Waals surface area (Å²) in [6, 6.07) is 31.6. The lowest BCUT2D eigenvalue weighted by molar-refractivity contribution is -0.141. The Morgan fingerprint density at radius 1 is 0.625 bits per heavy atom. The fourth-order valence-electron chi connectivity index (χ4n) is 4.76. The molecule has 0 atom stereocenters. The number of aromatic nitrogens is 1. The van der Waals surface area contributed by atoms with Crippen LogP contribution in [0.1, 0.15) is 33.5 Å². The molecule has 3 aromatic carbocycles. The summed E-state index contributed by atoms with van der Waals surface area (Å²) in [6.45, 7) is 0.888. The average Bonchev–Trinajstić information content (AvgIpc) is 3.25. The van der Waals surface area contributed by atoms with Crippen LogP contribution in [0.25, 0.3) is 0 Å². The standard InChI is InChI=1S/C27H21F3N2/c28-27(29,30)25-16-20-18-32(19-21(20)17-31-25)26(22-10-4-1-5-11-22,23-12-6-2-7-13-23)24-14-8-3-9-15-24/h1-17H,18-19H2. The maximum atomic E-state index is 13.3. The van der Waals surface area contributed by atoms with Gasteiger partial charge in [0.15, 0.2) is 0 Å². The van der Waals surface area contributed by atoms with E-state index in [4.69, 9.17) is 0 Å². The zero-order chi connectivity index (χ0) is 22.2. The van der Waals surface area contributed by atoms with Crippen LogP contribution in [0.15, 0.2) is 103 Å². The van der Waals surface area contributed by atoms with E-state index in [0.29, 0.717) is 18.7 Å². The van der Waals surface area contributed by atoms with Crippen molar-refractivity contribution in [3.63, 3.8) is 0 Å². The molecule has 32 heavy (non-hydrogen) atoms. The summed E-state index contributed by atoms with van der Waals surface area (Å²) >= 11 is 0. The minimum absolute atomic E-state index is 0.389. The highest BCUT2D eigenvalue weighted by atomic mass is 19.4. The first-order valence-corrected chi connectivity index (χ1v) is 10.5. The van der Waals surface area contributed by atoms with Crippen LogP contribution in [0.3, 0.4) is 0 Å². The van der Waals surface area contributed by atoms with E-state index in [1.807, 2.05) is 54.6 Å². The Bertz CT molecular complexity index is 1110. The number of pyridine rings is 1. The lowest BCUT2D eigenvalue weighted by atomic mass is 9.75. The van der Waals surface area contributed by atoms with Crippen molar-refractivity contribution < 1.29 is 13.2 Å². The summed E-state index contributed by atoms with van der Waals surface area (Å²) < 4.78 is 39.9. The van der Waals surface area contributed by atoms with Crippen LogP contribution >= 0.6 is 0 Å². The van der Waals surface area contributed by atoms with Crippen LogP contribution in [0.4, 0.5) is 13.2 Å². The topological polar surface area (TPSA) is 16.1 Å². The molecule has 5 rings (SSSR count). The molecule has 0 N–H and O–H groups in total. The highest BCUT2D eigenvalue weighted by Gasteiger charge is 2.45. The Kier molecular flexibility index (Phi) is 5.06. The van der Waals surface area contributed by atoms with E-state index < -0.39 is 17.4 Å². The molecule has 1 aliphatic rings. The predicted molar refractivity (Wildman–Crippen MR) is 118 cm³/mol. The van der Waals surface area contributed by atoms with Crippen molar-refractivity contribution in [1.29, 1.82) is 0 Å². The molecule has 160 valence electrons. The molecule has 0 radical (unpaired) electrons. The average molecular weight is 430 g/mol. The van der Waals surface area contributed by atoms with Gasteiger partial charge in [0.1, 0.15) is 5.69 Å². The third kappa shape index (κ3) is 3.39. The molecule has 2 heterocycles. The Hall–Kier alpha value is -3.44. The van der Waals surface area contributed by atoms with Gasteiger partial charge in [-0.2, -0.15) is 13.2 Å². The van der Waals surface area contributed by atoms with Crippen molar-refractivity contribution in [1.82, 2.24) is 9.88 Å². The molecule has 0 bridgehead atoms. The quantitative estimate of drug-likeness (QED) is 0.348. The highest BCUT2D eigenvalue weighted by Crippen LogP contribution is 2.46. The number of rotatable bonds is 4. The van der Waals surface area contributed by atoms with E-state index in [-0.39, 0.29) is 0 Å². The molecule has 2 nitrogen and oxygen atoms in total. The van der Waals surface area contributed by atoms with Crippen molar-refractivity contribution in [2.24, 2.45) is 0 Å². The van der Waals surface area contributed by atoms with Gasteiger partial charge in [-0.3, -0.25) is 9.88 Å². The number of halogens is 3. The van der Waals surface area contributed by atoms with E-state index in [0.717, 1.165) is 22.3 Å². The minimum Gasteiger partial charge on any atom is -0.277 e.